The highest BCUT2D eigenvalue weighted by molar-refractivity contribution is 5.79. The first-order chi connectivity index (χ1) is 9.69. The van der Waals surface area contributed by atoms with Crippen molar-refractivity contribution < 1.29 is 9.59 Å². The smallest absolute Gasteiger partial charge is 0.135 e. The van der Waals surface area contributed by atoms with Crippen LogP contribution < -0.4 is 0 Å². The number of rotatable bonds is 6. The van der Waals surface area contributed by atoms with Crippen LogP contribution in [0.3, 0.4) is 0 Å². The Morgan fingerprint density at radius 3 is 2.00 bits per heavy atom. The van der Waals surface area contributed by atoms with Crippen molar-refractivity contribution in [3.63, 3.8) is 0 Å². The number of nitrogens with zero attached hydrogens (tertiary/aromatic N) is 2. The molecular formula is C16H28N2O2. The molecule has 2 saturated heterocycles. The molecule has 4 heteroatoms. The zero-order chi connectivity index (χ0) is 14.4. The number of likely N-dealkylation sites (tertiary alicyclic amines) is 2. The van der Waals surface area contributed by atoms with E-state index in [1.54, 1.807) is 0 Å². The normalized spacial score (nSPS) is 24.1. The summed E-state index contributed by atoms with van der Waals surface area (Å²) in [5, 5.41) is 0. The number of hydrogen-bond donors (Lipinski definition) is 0. The van der Waals surface area contributed by atoms with Gasteiger partial charge in [0.2, 0.25) is 0 Å². The summed E-state index contributed by atoms with van der Waals surface area (Å²) in [7, 11) is 0. The van der Waals surface area contributed by atoms with Gasteiger partial charge in [-0.2, -0.15) is 0 Å². The summed E-state index contributed by atoms with van der Waals surface area (Å²) in [6.07, 6.45) is 6.54. The molecule has 0 aromatic rings. The molecule has 2 aliphatic heterocycles. The average molecular weight is 280 g/mol. The van der Waals surface area contributed by atoms with E-state index in [4.69, 9.17) is 0 Å². The van der Waals surface area contributed by atoms with Gasteiger partial charge in [0.1, 0.15) is 11.6 Å². The van der Waals surface area contributed by atoms with Gasteiger partial charge in [-0.1, -0.05) is 13.3 Å². The van der Waals surface area contributed by atoms with E-state index >= 15 is 0 Å². The van der Waals surface area contributed by atoms with Crippen molar-refractivity contribution in [2.75, 3.05) is 32.7 Å². The molecule has 2 fully saturated rings. The van der Waals surface area contributed by atoms with Crippen LogP contribution in [0.15, 0.2) is 0 Å². The summed E-state index contributed by atoms with van der Waals surface area (Å²) in [6, 6.07) is 0.616. The number of ketones is 2. The first-order valence-electron chi connectivity index (χ1n) is 8.19. The molecule has 0 aromatic heterocycles. The fourth-order valence-corrected chi connectivity index (χ4v) is 3.34. The van der Waals surface area contributed by atoms with Crippen LogP contribution in [0.25, 0.3) is 0 Å². The molecule has 1 atom stereocenters. The number of Topliss-reactive ketones (excluding diaryl/α,β-unsaturated/α-hetero) is 2. The molecule has 0 aromatic carbocycles. The minimum atomic E-state index is 0.418. The van der Waals surface area contributed by atoms with Gasteiger partial charge in [-0.3, -0.25) is 14.5 Å². The Hall–Kier alpha value is -0.740. The molecule has 2 heterocycles. The third-order valence-electron chi connectivity index (χ3n) is 4.69. The molecule has 0 amide bonds. The minimum absolute atomic E-state index is 0.418. The van der Waals surface area contributed by atoms with Gasteiger partial charge in [0, 0.05) is 57.9 Å². The highest BCUT2D eigenvalue weighted by atomic mass is 16.1. The summed E-state index contributed by atoms with van der Waals surface area (Å²) < 4.78 is 0. The van der Waals surface area contributed by atoms with Gasteiger partial charge in [-0.15, -0.1) is 0 Å². The van der Waals surface area contributed by atoms with Crippen LogP contribution in [0.5, 0.6) is 0 Å². The van der Waals surface area contributed by atoms with E-state index in [2.05, 4.69) is 16.7 Å². The third kappa shape index (κ3) is 4.67. The van der Waals surface area contributed by atoms with Gasteiger partial charge >= 0.3 is 0 Å². The Labute approximate surface area is 122 Å². The highest BCUT2D eigenvalue weighted by Gasteiger charge is 2.24. The lowest BCUT2D eigenvalue weighted by molar-refractivity contribution is -0.122. The predicted octanol–water partition coefficient (Wildman–Crippen LogP) is 1.88. The fraction of sp³-hybridized carbons (Fsp3) is 0.875. The van der Waals surface area contributed by atoms with E-state index in [1.165, 1.54) is 19.3 Å². The number of hydrogen-bond acceptors (Lipinski definition) is 4. The Kier molecular flexibility index (Phi) is 6.17. The molecule has 0 spiro atoms. The van der Waals surface area contributed by atoms with Crippen LogP contribution in [-0.2, 0) is 9.59 Å². The molecule has 20 heavy (non-hydrogen) atoms. The maximum absolute atomic E-state index is 11.4. The van der Waals surface area contributed by atoms with Gasteiger partial charge in [0.25, 0.3) is 0 Å². The van der Waals surface area contributed by atoms with Crippen molar-refractivity contribution in [3.05, 3.63) is 0 Å². The van der Waals surface area contributed by atoms with Crippen molar-refractivity contribution in [3.8, 4) is 0 Å². The fourth-order valence-electron chi connectivity index (χ4n) is 3.34. The first-order valence-corrected chi connectivity index (χ1v) is 8.19. The van der Waals surface area contributed by atoms with Gasteiger partial charge in [0.15, 0.2) is 0 Å². The Morgan fingerprint density at radius 2 is 1.45 bits per heavy atom. The van der Waals surface area contributed by atoms with Crippen molar-refractivity contribution in [2.45, 2.75) is 57.9 Å². The minimum Gasteiger partial charge on any atom is -0.302 e. The van der Waals surface area contributed by atoms with Crippen LogP contribution in [0.4, 0.5) is 0 Å². The summed E-state index contributed by atoms with van der Waals surface area (Å²) >= 11 is 0. The molecule has 0 bridgehead atoms. The van der Waals surface area contributed by atoms with Gasteiger partial charge in [-0.25, -0.2) is 0 Å². The molecule has 1 unspecified atom stereocenters. The Balaban J connectivity index is 1.76. The second-order valence-electron chi connectivity index (χ2n) is 6.19. The van der Waals surface area contributed by atoms with Gasteiger partial charge in [0.05, 0.1) is 0 Å². The van der Waals surface area contributed by atoms with Crippen molar-refractivity contribution >= 4 is 11.6 Å². The van der Waals surface area contributed by atoms with E-state index in [9.17, 15) is 9.59 Å². The lowest BCUT2D eigenvalue weighted by Gasteiger charge is -2.36. The third-order valence-corrected chi connectivity index (χ3v) is 4.69. The summed E-state index contributed by atoms with van der Waals surface area (Å²) in [5.74, 6) is 0.840. The summed E-state index contributed by atoms with van der Waals surface area (Å²) in [5.41, 5.74) is 0. The number of carbonyl (C=O) groups excluding carboxylic acids is 2. The van der Waals surface area contributed by atoms with Gasteiger partial charge in [-0.05, 0) is 19.4 Å². The predicted molar refractivity (Wildman–Crippen MR) is 79.8 cm³/mol. The van der Waals surface area contributed by atoms with E-state index in [0.717, 1.165) is 58.4 Å². The van der Waals surface area contributed by atoms with E-state index < -0.39 is 0 Å². The Morgan fingerprint density at radius 1 is 0.900 bits per heavy atom. The van der Waals surface area contributed by atoms with Crippen LogP contribution in [0.1, 0.15) is 51.9 Å². The van der Waals surface area contributed by atoms with Crippen molar-refractivity contribution in [1.29, 1.82) is 0 Å². The standard InChI is InChI=1S/C16H28N2O2/c1-2-3-14(18-12-7-16(20)8-13-18)4-9-17-10-5-15(19)6-11-17/h14H,2-13H2,1H3. The zero-order valence-corrected chi connectivity index (χ0v) is 12.8. The molecule has 2 rings (SSSR count). The van der Waals surface area contributed by atoms with E-state index in [1.807, 2.05) is 0 Å². The quantitative estimate of drug-likeness (QED) is 0.745. The summed E-state index contributed by atoms with van der Waals surface area (Å²) in [4.78, 5) is 27.6. The maximum atomic E-state index is 11.4. The molecule has 2 aliphatic rings. The second-order valence-corrected chi connectivity index (χ2v) is 6.19. The van der Waals surface area contributed by atoms with Crippen LogP contribution in [-0.4, -0.2) is 60.1 Å². The van der Waals surface area contributed by atoms with Crippen molar-refractivity contribution in [2.24, 2.45) is 0 Å². The number of piperidine rings is 2. The molecular weight excluding hydrogens is 252 g/mol. The van der Waals surface area contributed by atoms with E-state index in [-0.39, 0.29) is 0 Å². The molecule has 0 saturated carbocycles. The second kappa shape index (κ2) is 7.89. The highest BCUT2D eigenvalue weighted by Crippen LogP contribution is 2.18. The van der Waals surface area contributed by atoms with E-state index in [0.29, 0.717) is 17.6 Å². The van der Waals surface area contributed by atoms with Crippen molar-refractivity contribution in [1.82, 2.24) is 9.80 Å². The molecule has 4 nitrogen and oxygen atoms in total. The molecule has 0 aliphatic carbocycles. The van der Waals surface area contributed by atoms with Crippen LogP contribution in [0.2, 0.25) is 0 Å². The average Bonchev–Trinajstić information content (AvgIpc) is 2.46. The SMILES string of the molecule is CCCC(CCN1CCC(=O)CC1)N1CCC(=O)CC1. The zero-order valence-electron chi connectivity index (χ0n) is 12.8. The van der Waals surface area contributed by atoms with Crippen LogP contribution >= 0.6 is 0 Å². The molecule has 0 N–H and O–H groups in total. The molecule has 114 valence electrons. The largest absolute Gasteiger partial charge is 0.302 e. The lowest BCUT2D eigenvalue weighted by Crippen LogP contribution is -2.44. The molecule has 0 radical (unpaired) electrons. The monoisotopic (exact) mass is 280 g/mol. The number of carbonyl (C=O) groups is 2. The topological polar surface area (TPSA) is 40.6 Å². The lowest BCUT2D eigenvalue weighted by atomic mass is 10.0. The summed E-state index contributed by atoms with van der Waals surface area (Å²) in [6.45, 7) is 7.11. The first kappa shape index (κ1) is 15.6. The Bertz CT molecular complexity index is 323. The van der Waals surface area contributed by atoms with Gasteiger partial charge < -0.3 is 4.90 Å². The van der Waals surface area contributed by atoms with Crippen LogP contribution in [0, 0.1) is 0 Å². The maximum Gasteiger partial charge on any atom is 0.135 e.